The van der Waals surface area contributed by atoms with E-state index in [-0.39, 0.29) is 23.6 Å². The molecule has 25 heavy (non-hydrogen) atoms. The Hall–Kier alpha value is -3.60. The van der Waals surface area contributed by atoms with E-state index in [0.29, 0.717) is 11.3 Å². The predicted molar refractivity (Wildman–Crippen MR) is 87.5 cm³/mol. The Balaban J connectivity index is 2.33. The largest absolute Gasteiger partial charge is 0.505 e. The first-order valence-electron chi connectivity index (χ1n) is 6.85. The number of aryl methyl sites for hydroxylation is 1. The number of hydrogen-bond donors (Lipinski definition) is 3. The number of non-ortho nitro benzene ring substituents is 1. The van der Waals surface area contributed by atoms with Crippen molar-refractivity contribution in [2.45, 2.75) is 13.5 Å². The van der Waals surface area contributed by atoms with E-state index in [1.165, 1.54) is 12.4 Å². The highest BCUT2D eigenvalue weighted by molar-refractivity contribution is 5.86. The van der Waals surface area contributed by atoms with Crippen LogP contribution in [0.15, 0.2) is 29.5 Å². The van der Waals surface area contributed by atoms with Gasteiger partial charge in [-0.15, -0.1) is 0 Å². The third kappa shape index (κ3) is 3.84. The number of aliphatic hydroxyl groups is 1. The fraction of sp³-hybridized carbons (Fsp3) is 0.143. The molecule has 0 atom stereocenters. The smallest absolute Gasteiger partial charge is 0.301 e. The van der Waals surface area contributed by atoms with E-state index in [2.05, 4.69) is 15.5 Å². The molecule has 0 aliphatic rings. The molecule has 0 saturated heterocycles. The van der Waals surface area contributed by atoms with Gasteiger partial charge < -0.3 is 10.2 Å². The van der Waals surface area contributed by atoms with Gasteiger partial charge in [0.1, 0.15) is 11.4 Å². The SMILES string of the molecule is Cc1ncc(CO)c(C=NNc2ccc([N+](=O)[O-])cc2[N+](=O)[O-])c1O. The van der Waals surface area contributed by atoms with Crippen molar-refractivity contribution in [2.75, 3.05) is 5.43 Å². The molecule has 2 rings (SSSR count). The topological polar surface area (TPSA) is 164 Å². The van der Waals surface area contributed by atoms with Crippen LogP contribution in [0.3, 0.4) is 0 Å². The number of benzene rings is 1. The van der Waals surface area contributed by atoms with Crippen molar-refractivity contribution in [2.24, 2.45) is 5.10 Å². The molecule has 1 aromatic carbocycles. The summed E-state index contributed by atoms with van der Waals surface area (Å²) < 4.78 is 0. The van der Waals surface area contributed by atoms with Gasteiger partial charge in [0.25, 0.3) is 5.69 Å². The Labute approximate surface area is 140 Å². The molecule has 0 unspecified atom stereocenters. The van der Waals surface area contributed by atoms with Crippen LogP contribution in [0.25, 0.3) is 0 Å². The lowest BCUT2D eigenvalue weighted by Gasteiger charge is -2.07. The fourth-order valence-electron chi connectivity index (χ4n) is 1.97. The third-order valence-corrected chi connectivity index (χ3v) is 3.30. The molecule has 0 radical (unpaired) electrons. The van der Waals surface area contributed by atoms with Crippen molar-refractivity contribution in [3.8, 4) is 5.75 Å². The first-order chi connectivity index (χ1) is 11.8. The Bertz CT molecular complexity index is 867. The minimum atomic E-state index is -0.780. The van der Waals surface area contributed by atoms with Crippen LogP contribution in [0.1, 0.15) is 16.8 Å². The number of aliphatic hydroxyl groups excluding tert-OH is 1. The number of aromatic nitrogens is 1. The van der Waals surface area contributed by atoms with Gasteiger partial charge >= 0.3 is 5.69 Å². The molecular weight excluding hydrogens is 334 g/mol. The van der Waals surface area contributed by atoms with E-state index in [1.54, 1.807) is 6.92 Å². The minimum Gasteiger partial charge on any atom is -0.505 e. The molecule has 2 aromatic rings. The average Bonchev–Trinajstić information content (AvgIpc) is 2.58. The van der Waals surface area contributed by atoms with E-state index in [4.69, 9.17) is 0 Å². The number of anilines is 1. The van der Waals surface area contributed by atoms with Gasteiger partial charge in [0.2, 0.25) is 0 Å². The molecule has 0 bridgehead atoms. The lowest BCUT2D eigenvalue weighted by atomic mass is 10.1. The van der Waals surface area contributed by atoms with E-state index < -0.39 is 21.2 Å². The summed E-state index contributed by atoms with van der Waals surface area (Å²) >= 11 is 0. The average molecular weight is 347 g/mol. The summed E-state index contributed by atoms with van der Waals surface area (Å²) in [5.74, 6) is -0.185. The van der Waals surface area contributed by atoms with Gasteiger partial charge in [-0.3, -0.25) is 30.6 Å². The molecule has 0 spiro atoms. The van der Waals surface area contributed by atoms with Crippen molar-refractivity contribution in [1.82, 2.24) is 4.98 Å². The summed E-state index contributed by atoms with van der Waals surface area (Å²) in [6.45, 7) is 1.17. The van der Waals surface area contributed by atoms with Crippen LogP contribution >= 0.6 is 0 Å². The van der Waals surface area contributed by atoms with E-state index in [9.17, 15) is 30.4 Å². The Morgan fingerprint density at radius 1 is 1.32 bits per heavy atom. The number of aromatic hydroxyl groups is 1. The second kappa shape index (κ2) is 7.31. The first-order valence-corrected chi connectivity index (χ1v) is 6.85. The minimum absolute atomic E-state index is 0.0670. The first kappa shape index (κ1) is 17.7. The summed E-state index contributed by atoms with van der Waals surface area (Å²) in [6.07, 6.45) is 2.53. The van der Waals surface area contributed by atoms with Crippen molar-refractivity contribution >= 4 is 23.3 Å². The van der Waals surface area contributed by atoms with Gasteiger partial charge in [-0.25, -0.2) is 0 Å². The van der Waals surface area contributed by atoms with Gasteiger partial charge in [-0.2, -0.15) is 5.10 Å². The molecule has 0 aliphatic heterocycles. The van der Waals surface area contributed by atoms with E-state index >= 15 is 0 Å². The maximum Gasteiger partial charge on any atom is 0.301 e. The number of nitrogens with zero attached hydrogens (tertiary/aromatic N) is 4. The summed E-state index contributed by atoms with van der Waals surface area (Å²) in [5.41, 5.74) is 2.22. The molecule has 11 heteroatoms. The van der Waals surface area contributed by atoms with Crippen LogP contribution in [0.2, 0.25) is 0 Å². The molecule has 3 N–H and O–H groups in total. The zero-order chi connectivity index (χ0) is 18.6. The number of hydrazone groups is 1. The van der Waals surface area contributed by atoms with Gasteiger partial charge in [-0.1, -0.05) is 0 Å². The quantitative estimate of drug-likeness (QED) is 0.404. The number of nitro benzene ring substituents is 2. The van der Waals surface area contributed by atoms with Crippen LogP contribution in [-0.2, 0) is 6.61 Å². The molecule has 0 saturated carbocycles. The number of nitrogens with one attached hydrogen (secondary N) is 1. The molecule has 1 aromatic heterocycles. The summed E-state index contributed by atoms with van der Waals surface area (Å²) in [7, 11) is 0. The molecule has 0 aliphatic carbocycles. The van der Waals surface area contributed by atoms with Crippen molar-refractivity contribution in [3.63, 3.8) is 0 Å². The van der Waals surface area contributed by atoms with Crippen LogP contribution in [-0.4, -0.2) is 31.3 Å². The Kier molecular flexibility index (Phi) is 5.19. The maximum absolute atomic E-state index is 11.0. The molecule has 1 heterocycles. The van der Waals surface area contributed by atoms with Crippen molar-refractivity contribution < 1.29 is 20.1 Å². The standard InChI is InChI=1S/C14H13N5O6/c1-8-14(21)11(9(7-20)5-15-8)6-16-17-12-3-2-10(18(22)23)4-13(12)19(24)25/h2-6,17,20-21H,7H2,1H3. The fourth-order valence-corrected chi connectivity index (χ4v) is 1.97. The van der Waals surface area contributed by atoms with Gasteiger partial charge in [0.15, 0.2) is 0 Å². The zero-order valence-electron chi connectivity index (χ0n) is 12.9. The van der Waals surface area contributed by atoms with E-state index in [0.717, 1.165) is 18.2 Å². The van der Waals surface area contributed by atoms with Crippen molar-refractivity contribution in [3.05, 3.63) is 61.4 Å². The van der Waals surface area contributed by atoms with E-state index in [1.807, 2.05) is 0 Å². The van der Waals surface area contributed by atoms with Gasteiger partial charge in [0.05, 0.1) is 34.4 Å². The second-order valence-electron chi connectivity index (χ2n) is 4.87. The van der Waals surface area contributed by atoms with Crippen LogP contribution < -0.4 is 5.43 Å². The van der Waals surface area contributed by atoms with Gasteiger partial charge in [0, 0.05) is 23.4 Å². The Morgan fingerprint density at radius 2 is 2.04 bits per heavy atom. The normalized spacial score (nSPS) is 10.8. The lowest BCUT2D eigenvalue weighted by Crippen LogP contribution is -2.01. The maximum atomic E-state index is 11.0. The molecule has 0 fully saturated rings. The zero-order valence-corrected chi connectivity index (χ0v) is 12.9. The summed E-state index contributed by atoms with van der Waals surface area (Å²) in [6, 6.07) is 3.06. The Morgan fingerprint density at radius 3 is 2.64 bits per heavy atom. The number of pyridine rings is 1. The monoisotopic (exact) mass is 347 g/mol. The molecule has 0 amide bonds. The number of rotatable bonds is 6. The highest BCUT2D eigenvalue weighted by Crippen LogP contribution is 2.29. The van der Waals surface area contributed by atoms with Crippen LogP contribution in [0.5, 0.6) is 5.75 Å². The van der Waals surface area contributed by atoms with Crippen LogP contribution in [0, 0.1) is 27.2 Å². The highest BCUT2D eigenvalue weighted by atomic mass is 16.6. The van der Waals surface area contributed by atoms with Crippen molar-refractivity contribution in [1.29, 1.82) is 0 Å². The van der Waals surface area contributed by atoms with Crippen LogP contribution in [0.4, 0.5) is 17.1 Å². The lowest BCUT2D eigenvalue weighted by molar-refractivity contribution is -0.393. The number of hydrogen-bond acceptors (Lipinski definition) is 9. The third-order valence-electron chi connectivity index (χ3n) is 3.30. The molecule has 130 valence electrons. The second-order valence-corrected chi connectivity index (χ2v) is 4.87. The number of nitro groups is 2. The molecular formula is C14H13N5O6. The van der Waals surface area contributed by atoms with Gasteiger partial charge in [-0.05, 0) is 13.0 Å². The predicted octanol–water partition coefficient (Wildman–Crippen LogP) is 1.85. The summed E-state index contributed by atoms with van der Waals surface area (Å²) in [4.78, 5) is 24.1. The molecule has 11 nitrogen and oxygen atoms in total. The highest BCUT2D eigenvalue weighted by Gasteiger charge is 2.19. The summed E-state index contributed by atoms with van der Waals surface area (Å²) in [5, 5.41) is 44.8.